The molecular weight excluding hydrogens is 306 g/mol. The number of ether oxygens (including phenoxy) is 4. The lowest BCUT2D eigenvalue weighted by Crippen LogP contribution is -2.40. The molecule has 134 valence electrons. The van der Waals surface area contributed by atoms with Crippen LogP contribution in [0.4, 0.5) is 0 Å². The summed E-state index contributed by atoms with van der Waals surface area (Å²) in [7, 11) is 0. The monoisotopic (exact) mass is 335 g/mol. The number of benzene rings is 1. The quantitative estimate of drug-likeness (QED) is 0.799. The van der Waals surface area contributed by atoms with Gasteiger partial charge in [0.05, 0.1) is 25.4 Å². The molecule has 0 bridgehead atoms. The molecule has 3 rings (SSSR count). The third-order valence-corrected chi connectivity index (χ3v) is 4.31. The Morgan fingerprint density at radius 1 is 0.875 bits per heavy atom. The van der Waals surface area contributed by atoms with Gasteiger partial charge in [0.1, 0.15) is 0 Å². The molecule has 0 saturated carbocycles. The van der Waals surface area contributed by atoms with Gasteiger partial charge in [-0.15, -0.1) is 0 Å². The molecule has 5 nitrogen and oxygen atoms in total. The second-order valence-electron chi connectivity index (χ2n) is 7.58. The van der Waals surface area contributed by atoms with Crippen molar-refractivity contribution in [3.05, 3.63) is 35.9 Å². The van der Waals surface area contributed by atoms with Gasteiger partial charge in [-0.05, 0) is 33.3 Å². The van der Waals surface area contributed by atoms with E-state index >= 15 is 0 Å². The van der Waals surface area contributed by atoms with Crippen LogP contribution >= 0.6 is 0 Å². The molecule has 0 aromatic heterocycles. The Labute approximate surface area is 144 Å². The smallest absolute Gasteiger partial charge is 0.163 e. The van der Waals surface area contributed by atoms with Crippen LogP contribution in [0.25, 0.3) is 0 Å². The predicted octanol–water partition coefficient (Wildman–Crippen LogP) is 2.79. The molecule has 2 fully saturated rings. The molecule has 2 atom stereocenters. The van der Waals surface area contributed by atoms with E-state index in [4.69, 9.17) is 18.9 Å². The van der Waals surface area contributed by atoms with Gasteiger partial charge in [-0.1, -0.05) is 30.3 Å². The van der Waals surface area contributed by atoms with Crippen LogP contribution < -0.4 is 0 Å². The van der Waals surface area contributed by atoms with Gasteiger partial charge in [0, 0.05) is 19.6 Å². The molecule has 2 unspecified atom stereocenters. The summed E-state index contributed by atoms with van der Waals surface area (Å²) in [4.78, 5) is 2.38. The highest BCUT2D eigenvalue weighted by atomic mass is 16.7. The first kappa shape index (κ1) is 17.8. The predicted molar refractivity (Wildman–Crippen MR) is 91.5 cm³/mol. The molecule has 2 aliphatic rings. The average Bonchev–Trinajstić information content (AvgIpc) is 3.01. The van der Waals surface area contributed by atoms with Crippen molar-refractivity contribution in [2.75, 3.05) is 26.3 Å². The van der Waals surface area contributed by atoms with Crippen molar-refractivity contribution in [1.29, 1.82) is 0 Å². The Bertz CT molecular complexity index is 503. The summed E-state index contributed by atoms with van der Waals surface area (Å²) in [6.07, 6.45) is 0.165. The Hall–Kier alpha value is -0.980. The van der Waals surface area contributed by atoms with E-state index in [1.807, 2.05) is 33.8 Å². The van der Waals surface area contributed by atoms with Crippen molar-refractivity contribution in [2.45, 2.75) is 58.0 Å². The van der Waals surface area contributed by atoms with Crippen LogP contribution in [0.2, 0.25) is 0 Å². The van der Waals surface area contributed by atoms with Gasteiger partial charge < -0.3 is 18.9 Å². The van der Waals surface area contributed by atoms with Gasteiger partial charge in [0.2, 0.25) is 0 Å². The third-order valence-electron chi connectivity index (χ3n) is 4.31. The van der Waals surface area contributed by atoms with Crippen LogP contribution in [-0.4, -0.2) is 55.0 Å². The lowest BCUT2D eigenvalue weighted by molar-refractivity contribution is -0.145. The zero-order chi connectivity index (χ0) is 17.2. The largest absolute Gasteiger partial charge is 0.348 e. The molecule has 1 aromatic carbocycles. The molecule has 2 heterocycles. The molecule has 2 saturated heterocycles. The summed E-state index contributed by atoms with van der Waals surface area (Å²) in [5.41, 5.74) is 1.29. The van der Waals surface area contributed by atoms with E-state index in [0.29, 0.717) is 13.2 Å². The third kappa shape index (κ3) is 5.01. The first-order chi connectivity index (χ1) is 11.3. The zero-order valence-electron chi connectivity index (χ0n) is 15.2. The summed E-state index contributed by atoms with van der Waals surface area (Å²) in [6.45, 7) is 11.6. The zero-order valence-corrected chi connectivity index (χ0v) is 15.2. The van der Waals surface area contributed by atoms with Crippen molar-refractivity contribution >= 4 is 0 Å². The normalized spacial score (nSPS) is 28.5. The standard InChI is InChI=1S/C19H29NO4/c1-18(2)21-13-16(23-18)11-20(10-15-8-6-5-7-9-15)12-17-14-22-19(3,4)24-17/h5-9,16-17H,10-14H2,1-4H3. The van der Waals surface area contributed by atoms with Crippen LogP contribution in [0.3, 0.4) is 0 Å². The van der Waals surface area contributed by atoms with Crippen LogP contribution in [0.1, 0.15) is 33.3 Å². The number of hydrogen-bond acceptors (Lipinski definition) is 5. The highest BCUT2D eigenvalue weighted by molar-refractivity contribution is 5.14. The fraction of sp³-hybridized carbons (Fsp3) is 0.684. The highest BCUT2D eigenvalue weighted by Crippen LogP contribution is 2.26. The first-order valence-corrected chi connectivity index (χ1v) is 8.71. The Kier molecular flexibility index (Phi) is 5.27. The van der Waals surface area contributed by atoms with Gasteiger partial charge >= 0.3 is 0 Å². The molecule has 5 heteroatoms. The fourth-order valence-electron chi connectivity index (χ4n) is 3.33. The second kappa shape index (κ2) is 7.10. The van der Waals surface area contributed by atoms with Crippen molar-refractivity contribution < 1.29 is 18.9 Å². The minimum Gasteiger partial charge on any atom is -0.348 e. The average molecular weight is 335 g/mol. The number of rotatable bonds is 6. The molecule has 1 aromatic rings. The maximum Gasteiger partial charge on any atom is 0.163 e. The summed E-state index contributed by atoms with van der Waals surface area (Å²) in [6, 6.07) is 10.5. The van der Waals surface area contributed by atoms with Crippen LogP contribution in [0.15, 0.2) is 30.3 Å². The number of nitrogens with zero attached hydrogens (tertiary/aromatic N) is 1. The molecule has 2 aliphatic heterocycles. The Morgan fingerprint density at radius 3 is 1.79 bits per heavy atom. The van der Waals surface area contributed by atoms with Crippen molar-refractivity contribution in [2.24, 2.45) is 0 Å². The Morgan fingerprint density at radius 2 is 1.38 bits per heavy atom. The van der Waals surface area contributed by atoms with Crippen LogP contribution in [0, 0.1) is 0 Å². The molecule has 0 amide bonds. The van der Waals surface area contributed by atoms with Gasteiger partial charge in [0.15, 0.2) is 11.6 Å². The Balaban J connectivity index is 1.62. The minimum atomic E-state index is -0.488. The van der Waals surface area contributed by atoms with Gasteiger partial charge in [0.25, 0.3) is 0 Å². The summed E-state index contributed by atoms with van der Waals surface area (Å²) >= 11 is 0. The molecule has 0 radical (unpaired) electrons. The van der Waals surface area contributed by atoms with Crippen LogP contribution in [-0.2, 0) is 25.5 Å². The molecular formula is C19H29NO4. The lowest BCUT2D eigenvalue weighted by Gasteiger charge is -2.28. The summed E-state index contributed by atoms with van der Waals surface area (Å²) in [5.74, 6) is -0.976. The topological polar surface area (TPSA) is 40.2 Å². The summed E-state index contributed by atoms with van der Waals surface area (Å²) < 4.78 is 23.4. The van der Waals surface area contributed by atoms with E-state index in [0.717, 1.165) is 19.6 Å². The molecule has 0 N–H and O–H groups in total. The van der Waals surface area contributed by atoms with E-state index in [2.05, 4.69) is 29.2 Å². The first-order valence-electron chi connectivity index (χ1n) is 8.71. The number of hydrogen-bond donors (Lipinski definition) is 0. The van der Waals surface area contributed by atoms with E-state index in [-0.39, 0.29) is 12.2 Å². The molecule has 0 aliphatic carbocycles. The van der Waals surface area contributed by atoms with E-state index in [1.54, 1.807) is 0 Å². The van der Waals surface area contributed by atoms with E-state index in [1.165, 1.54) is 5.56 Å². The van der Waals surface area contributed by atoms with Crippen molar-refractivity contribution in [3.8, 4) is 0 Å². The maximum absolute atomic E-state index is 5.99. The van der Waals surface area contributed by atoms with Crippen molar-refractivity contribution in [1.82, 2.24) is 4.90 Å². The van der Waals surface area contributed by atoms with Crippen LogP contribution in [0.5, 0.6) is 0 Å². The van der Waals surface area contributed by atoms with Gasteiger partial charge in [-0.3, -0.25) is 4.90 Å². The maximum atomic E-state index is 5.99. The SMILES string of the molecule is CC1(C)OCC(CN(Cc2ccccc2)CC2COC(C)(C)O2)O1. The lowest BCUT2D eigenvalue weighted by atomic mass is 10.2. The summed E-state index contributed by atoms with van der Waals surface area (Å²) in [5, 5.41) is 0. The van der Waals surface area contributed by atoms with Crippen molar-refractivity contribution in [3.63, 3.8) is 0 Å². The molecule has 24 heavy (non-hydrogen) atoms. The second-order valence-corrected chi connectivity index (χ2v) is 7.58. The fourth-order valence-corrected chi connectivity index (χ4v) is 3.33. The highest BCUT2D eigenvalue weighted by Gasteiger charge is 2.36. The minimum absolute atomic E-state index is 0.0824. The van der Waals surface area contributed by atoms with Gasteiger partial charge in [-0.25, -0.2) is 0 Å². The van der Waals surface area contributed by atoms with E-state index in [9.17, 15) is 0 Å². The molecule has 0 spiro atoms. The van der Waals surface area contributed by atoms with E-state index < -0.39 is 11.6 Å². The van der Waals surface area contributed by atoms with Gasteiger partial charge in [-0.2, -0.15) is 0 Å².